The third-order valence-corrected chi connectivity index (χ3v) is 0.365. The van der Waals surface area contributed by atoms with Crippen LogP contribution in [-0.2, 0) is 4.79 Å². The molecule has 2 nitrogen and oxygen atoms in total. The summed E-state index contributed by atoms with van der Waals surface area (Å²) in [5.74, 6) is -0.935. The average Bonchev–Trinajstić information content (AvgIpc) is 1.72. The Bertz CT molecular complexity index is 78.0. The summed E-state index contributed by atoms with van der Waals surface area (Å²) in [5.41, 5.74) is 0.176. The first-order chi connectivity index (χ1) is 3.64. The van der Waals surface area contributed by atoms with E-state index in [0.717, 1.165) is 0 Å². The Morgan fingerprint density at radius 1 is 1.62 bits per heavy atom. The van der Waals surface area contributed by atoms with Gasteiger partial charge in [-0.2, -0.15) is 0 Å². The summed E-state index contributed by atoms with van der Waals surface area (Å²) in [6.07, 6.45) is 0. The minimum Gasteiger partial charge on any atom is -0.478 e. The van der Waals surface area contributed by atoms with E-state index >= 15 is 0 Å². The minimum absolute atomic E-state index is 0.176. The van der Waals surface area contributed by atoms with E-state index in [1.807, 2.05) is 0 Å². The van der Waals surface area contributed by atoms with Gasteiger partial charge in [0, 0.05) is 42.8 Å². The molecule has 0 saturated heterocycles. The van der Waals surface area contributed by atoms with Crippen molar-refractivity contribution in [2.75, 3.05) is 0 Å². The van der Waals surface area contributed by atoms with E-state index in [1.165, 1.54) is 6.92 Å². The molecule has 0 aromatic rings. The Kier molecular flexibility index (Phi) is 11.0. The maximum atomic E-state index is 9.60. The second-order valence-corrected chi connectivity index (χ2v) is 1.09. The number of carboxylic acid groups (broad SMARTS) is 1. The molecule has 1 N–H and O–H groups in total. The lowest BCUT2D eigenvalue weighted by Crippen LogP contribution is -1.92. The predicted octanol–water partition coefficient (Wildman–Crippen LogP) is 2.42. The van der Waals surface area contributed by atoms with Crippen LogP contribution in [0.15, 0.2) is 12.2 Å². The van der Waals surface area contributed by atoms with E-state index < -0.39 is 5.97 Å². The van der Waals surface area contributed by atoms with Crippen molar-refractivity contribution in [2.45, 2.75) is 6.92 Å². The fourth-order valence-corrected chi connectivity index (χ4v) is 0. The fourth-order valence-electron chi connectivity index (χ4n) is 0. The summed E-state index contributed by atoms with van der Waals surface area (Å²) in [6, 6.07) is 0. The van der Waals surface area contributed by atoms with Crippen LogP contribution in [0, 0.1) is 0 Å². The first kappa shape index (κ1) is 11.5. The largest absolute Gasteiger partial charge is 0.478 e. The van der Waals surface area contributed by atoms with Gasteiger partial charge in [0.05, 0.1) is 0 Å². The van der Waals surface area contributed by atoms with Gasteiger partial charge in [0.15, 0.2) is 0 Å². The lowest BCUT2D eigenvalue weighted by Gasteiger charge is -1.79. The summed E-state index contributed by atoms with van der Waals surface area (Å²) in [5, 5.41) is 7.89. The number of carboxylic acids is 1. The molecule has 8 heavy (non-hydrogen) atoms. The third-order valence-electron chi connectivity index (χ3n) is 0.365. The highest BCUT2D eigenvalue weighted by atomic mass is 128. The molecule has 0 aliphatic rings. The molecule has 4 heteroatoms. The normalized spacial score (nSPS) is 6.38. The predicted molar refractivity (Wildman–Crippen MR) is 50.5 cm³/mol. The molecule has 0 bridgehead atoms. The van der Waals surface area contributed by atoms with Crippen LogP contribution in [-0.4, -0.2) is 11.1 Å². The van der Waals surface area contributed by atoms with Crippen LogP contribution >= 0.6 is 37.2 Å². The first-order valence-corrected chi connectivity index (χ1v) is 7.96. The lowest BCUT2D eigenvalue weighted by atomic mass is 10.4. The van der Waals surface area contributed by atoms with Crippen molar-refractivity contribution in [3.05, 3.63) is 12.2 Å². The number of hydrogen-bond acceptors (Lipinski definition) is 1. The Labute approximate surface area is 71.7 Å². The highest BCUT2D eigenvalue weighted by molar-refractivity contribution is 15.0. The molecule has 0 aromatic carbocycles. The van der Waals surface area contributed by atoms with Crippen LogP contribution in [0.4, 0.5) is 0 Å². The molecule has 0 radical (unpaired) electrons. The molecule has 0 fully saturated rings. The second kappa shape index (κ2) is 7.67. The van der Waals surface area contributed by atoms with Gasteiger partial charge in [-0.25, -0.2) is 4.79 Å². The zero-order chi connectivity index (χ0) is 7.15. The molecule has 0 heterocycles. The number of hydrogen-bond donors (Lipinski definition) is 1. The molecule has 0 unspecified atom stereocenters. The van der Waals surface area contributed by atoms with Crippen molar-refractivity contribution >= 4 is 43.2 Å². The van der Waals surface area contributed by atoms with Gasteiger partial charge < -0.3 is 5.11 Å². The van der Waals surface area contributed by atoms with Gasteiger partial charge in [0.2, 0.25) is 0 Å². The molecular formula is C4H6I2O2. The lowest BCUT2D eigenvalue weighted by molar-refractivity contribution is -0.132. The maximum absolute atomic E-state index is 9.60. The van der Waals surface area contributed by atoms with Crippen LogP contribution in [0.5, 0.6) is 0 Å². The molecule has 0 saturated carbocycles. The van der Waals surface area contributed by atoms with Crippen LogP contribution < -0.4 is 0 Å². The summed E-state index contributed by atoms with van der Waals surface area (Å²) in [7, 11) is 0. The SMILES string of the molecule is C=C(C)C(=O)O.II. The van der Waals surface area contributed by atoms with E-state index in [1.54, 1.807) is 0 Å². The van der Waals surface area contributed by atoms with Crippen LogP contribution in [0.1, 0.15) is 6.92 Å². The van der Waals surface area contributed by atoms with Gasteiger partial charge in [-0.15, -0.1) is 0 Å². The van der Waals surface area contributed by atoms with Crippen molar-refractivity contribution in [3.8, 4) is 0 Å². The van der Waals surface area contributed by atoms with Crippen molar-refractivity contribution in [1.29, 1.82) is 0 Å². The Morgan fingerprint density at radius 3 is 1.75 bits per heavy atom. The smallest absolute Gasteiger partial charge is 0.330 e. The number of halogens is 2. The van der Waals surface area contributed by atoms with Crippen molar-refractivity contribution in [2.24, 2.45) is 0 Å². The molecule has 0 rings (SSSR count). The van der Waals surface area contributed by atoms with E-state index in [0.29, 0.717) is 0 Å². The Balaban J connectivity index is 0. The Hall–Kier alpha value is 0.670. The molecule has 0 atom stereocenters. The molecule has 0 aliphatic carbocycles. The van der Waals surface area contributed by atoms with Gasteiger partial charge in [0.1, 0.15) is 0 Å². The highest BCUT2D eigenvalue weighted by Crippen LogP contribution is 1.89. The van der Waals surface area contributed by atoms with Crippen LogP contribution in [0.2, 0.25) is 0 Å². The maximum Gasteiger partial charge on any atom is 0.330 e. The molecule has 48 valence electrons. The van der Waals surface area contributed by atoms with Crippen LogP contribution in [0.3, 0.4) is 0 Å². The zero-order valence-corrected chi connectivity index (χ0v) is 8.63. The first-order valence-electron chi connectivity index (χ1n) is 1.67. The molecule has 0 amide bonds. The number of carbonyl (C=O) groups is 1. The molecule has 0 spiro atoms. The summed E-state index contributed by atoms with van der Waals surface area (Å²) in [6.45, 7) is 4.60. The van der Waals surface area contributed by atoms with Crippen molar-refractivity contribution in [1.82, 2.24) is 0 Å². The molecule has 0 aliphatic heterocycles. The van der Waals surface area contributed by atoms with E-state index in [-0.39, 0.29) is 5.57 Å². The topological polar surface area (TPSA) is 37.3 Å². The van der Waals surface area contributed by atoms with E-state index in [2.05, 4.69) is 43.8 Å². The van der Waals surface area contributed by atoms with Crippen LogP contribution in [0.25, 0.3) is 0 Å². The van der Waals surface area contributed by atoms with Gasteiger partial charge in [-0.05, 0) is 6.92 Å². The fraction of sp³-hybridized carbons (Fsp3) is 0.250. The minimum atomic E-state index is -0.935. The monoisotopic (exact) mass is 340 g/mol. The quantitative estimate of drug-likeness (QED) is 0.588. The summed E-state index contributed by atoms with van der Waals surface area (Å²) < 4.78 is 0. The van der Waals surface area contributed by atoms with E-state index in [4.69, 9.17) is 5.11 Å². The van der Waals surface area contributed by atoms with Crippen molar-refractivity contribution in [3.63, 3.8) is 0 Å². The van der Waals surface area contributed by atoms with E-state index in [9.17, 15) is 4.79 Å². The summed E-state index contributed by atoms with van der Waals surface area (Å²) >= 11 is 4.24. The number of rotatable bonds is 1. The summed E-state index contributed by atoms with van der Waals surface area (Å²) in [4.78, 5) is 9.60. The standard InChI is InChI=1S/C4H6O2.I2/c1-3(2)4(5)6;1-2/h1H2,2H3,(H,5,6);. The second-order valence-electron chi connectivity index (χ2n) is 1.09. The van der Waals surface area contributed by atoms with Gasteiger partial charge >= 0.3 is 5.97 Å². The average molecular weight is 340 g/mol. The third kappa shape index (κ3) is 9.83. The van der Waals surface area contributed by atoms with Crippen molar-refractivity contribution < 1.29 is 9.90 Å². The van der Waals surface area contributed by atoms with Gasteiger partial charge in [0.25, 0.3) is 0 Å². The van der Waals surface area contributed by atoms with Gasteiger partial charge in [-0.1, -0.05) is 6.58 Å². The Morgan fingerprint density at radius 2 is 1.75 bits per heavy atom. The zero-order valence-electron chi connectivity index (χ0n) is 4.32. The van der Waals surface area contributed by atoms with Gasteiger partial charge in [-0.3, -0.25) is 0 Å². The molecule has 0 aromatic heterocycles. The molecular weight excluding hydrogens is 334 g/mol. The number of aliphatic carboxylic acids is 1. The highest BCUT2D eigenvalue weighted by Gasteiger charge is 1.90.